The molecule has 0 unspecified atom stereocenters. The van der Waals surface area contributed by atoms with E-state index < -0.39 is 31.7 Å². The number of rotatable bonds is 10. The first-order valence-corrected chi connectivity index (χ1v) is 18.9. The Morgan fingerprint density at radius 3 is 2.23 bits per heavy atom. The van der Waals surface area contributed by atoms with Crippen molar-refractivity contribution < 1.29 is 30.5 Å². The van der Waals surface area contributed by atoms with E-state index in [0.717, 1.165) is 58.0 Å². The van der Waals surface area contributed by atoms with E-state index in [4.69, 9.17) is 0 Å². The number of thioether (sulfide) groups is 1. The summed E-state index contributed by atoms with van der Waals surface area (Å²) in [7, 11) is -8.79. The zero-order valence-electron chi connectivity index (χ0n) is 23.8. The van der Waals surface area contributed by atoms with Gasteiger partial charge in [-0.2, -0.15) is 4.57 Å². The molecule has 228 valence electrons. The molecule has 0 amide bonds. The van der Waals surface area contributed by atoms with E-state index in [1.165, 1.54) is 11.8 Å². The second kappa shape index (κ2) is 12.3. The van der Waals surface area contributed by atoms with Crippen molar-refractivity contribution in [3.05, 3.63) is 94.5 Å². The largest absolute Gasteiger partial charge is 0.748 e. The first-order chi connectivity index (χ1) is 21.0. The van der Waals surface area contributed by atoms with Crippen LogP contribution in [-0.2, 0) is 26.8 Å². The Balaban J connectivity index is 1.46. The summed E-state index contributed by atoms with van der Waals surface area (Å²) in [6.45, 7) is 2.42. The maximum Gasteiger partial charge on any atom is 0.263 e. The first-order valence-electron chi connectivity index (χ1n) is 14.1. The minimum Gasteiger partial charge on any atom is -0.748 e. The monoisotopic (exact) mass is 665 g/mol. The molecule has 0 saturated carbocycles. The van der Waals surface area contributed by atoms with Gasteiger partial charge in [-0.15, -0.1) is 0 Å². The van der Waals surface area contributed by atoms with Crippen LogP contribution in [0.3, 0.4) is 0 Å². The number of hydrogen-bond acceptors (Lipinski definition) is 9. The zero-order chi connectivity index (χ0) is 31.1. The van der Waals surface area contributed by atoms with Crippen LogP contribution in [-0.4, -0.2) is 44.0 Å². The smallest absolute Gasteiger partial charge is 0.263 e. The average molecular weight is 666 g/mol. The summed E-state index contributed by atoms with van der Waals surface area (Å²) in [6.07, 6.45) is 4.96. The second-order valence-electron chi connectivity index (χ2n) is 10.5. The molecule has 0 bridgehead atoms. The van der Waals surface area contributed by atoms with Crippen LogP contribution in [0, 0.1) is 0 Å². The van der Waals surface area contributed by atoms with Gasteiger partial charge in [-0.05, 0) is 47.0 Å². The Bertz CT molecular complexity index is 2190. The highest BCUT2D eigenvalue weighted by Gasteiger charge is 2.28. The number of aromatic nitrogens is 1. The van der Waals surface area contributed by atoms with E-state index in [1.807, 2.05) is 78.6 Å². The van der Waals surface area contributed by atoms with Gasteiger partial charge in [-0.3, -0.25) is 0 Å². The summed E-state index contributed by atoms with van der Waals surface area (Å²) >= 11 is 3.13. The van der Waals surface area contributed by atoms with Crippen LogP contribution >= 0.6 is 23.1 Å². The molecule has 1 aliphatic rings. The summed E-state index contributed by atoms with van der Waals surface area (Å²) < 4.78 is 72.4. The topological polar surface area (TPSA) is 122 Å². The first kappa shape index (κ1) is 30.8. The number of allylic oxidation sites excluding steroid dienone is 2. The highest BCUT2D eigenvalue weighted by molar-refractivity contribution is 8.03. The lowest BCUT2D eigenvalue weighted by molar-refractivity contribution is -0.667. The molecule has 0 N–H and O–H groups in total. The number of benzene rings is 4. The van der Waals surface area contributed by atoms with Crippen molar-refractivity contribution in [3.63, 3.8) is 0 Å². The van der Waals surface area contributed by atoms with Gasteiger partial charge in [-0.1, -0.05) is 84.6 Å². The molecule has 1 aliphatic heterocycles. The molecule has 12 heteroatoms. The summed E-state index contributed by atoms with van der Waals surface area (Å²) in [6, 6.07) is 24.1. The molecule has 0 aliphatic carbocycles. The van der Waals surface area contributed by atoms with Gasteiger partial charge >= 0.3 is 0 Å². The molecule has 44 heavy (non-hydrogen) atoms. The Morgan fingerprint density at radius 1 is 0.864 bits per heavy atom. The van der Waals surface area contributed by atoms with Gasteiger partial charge in [-0.25, -0.2) is 16.8 Å². The van der Waals surface area contributed by atoms with Crippen molar-refractivity contribution in [3.8, 4) is 0 Å². The van der Waals surface area contributed by atoms with Crippen molar-refractivity contribution >= 4 is 86.9 Å². The predicted molar refractivity (Wildman–Crippen MR) is 177 cm³/mol. The molecule has 6 rings (SSSR count). The van der Waals surface area contributed by atoms with Gasteiger partial charge in [0.2, 0.25) is 5.52 Å². The standard InChI is InChI=1S/C32H30N2O6S4/c1-2-22(21-30-34(17-19-44(38,39)40)32-26-11-6-4-9-24(26)13-15-28(32)42-30)20-29-33(16-7-18-43(35,36)37)31-25-10-5-3-8-23(25)12-14-27(31)41-29/h3-6,8-15,20-21H,2,7,16-19H2,1H3,(H-,35,36,37,38,39,40)/p-1. The molecule has 0 atom stereocenters. The van der Waals surface area contributed by atoms with Crippen molar-refractivity contribution in [1.82, 2.24) is 0 Å². The molecular formula is C32H29N2O6S4-. The maximum atomic E-state index is 11.7. The molecule has 2 heterocycles. The fourth-order valence-corrected chi connectivity index (χ4v) is 8.82. The van der Waals surface area contributed by atoms with E-state index in [9.17, 15) is 25.9 Å². The summed E-state index contributed by atoms with van der Waals surface area (Å²) in [5.41, 5.74) is 2.85. The lowest BCUT2D eigenvalue weighted by Crippen LogP contribution is -2.36. The molecule has 4 aromatic carbocycles. The van der Waals surface area contributed by atoms with E-state index in [0.29, 0.717) is 13.0 Å². The minimum atomic E-state index is -4.44. The van der Waals surface area contributed by atoms with Crippen molar-refractivity contribution in [2.45, 2.75) is 31.2 Å². The van der Waals surface area contributed by atoms with Crippen LogP contribution in [0.1, 0.15) is 24.8 Å². The molecule has 5 aromatic rings. The number of fused-ring (bicyclic) bond motifs is 6. The minimum absolute atomic E-state index is 0.0290. The number of anilines is 1. The van der Waals surface area contributed by atoms with Crippen LogP contribution < -0.4 is 9.47 Å². The fraction of sp³-hybridized carbons (Fsp3) is 0.219. The van der Waals surface area contributed by atoms with E-state index >= 15 is 0 Å². The third-order valence-corrected chi connectivity index (χ3v) is 11.3. The average Bonchev–Trinajstić information content (AvgIpc) is 3.52. The third kappa shape index (κ3) is 6.56. The molecular weight excluding hydrogens is 637 g/mol. The van der Waals surface area contributed by atoms with E-state index in [-0.39, 0.29) is 13.0 Å². The van der Waals surface area contributed by atoms with Crippen LogP contribution in [0.15, 0.2) is 94.4 Å². The Labute approximate surface area is 264 Å². The number of aryl methyl sites for hydroxylation is 1. The highest BCUT2D eigenvalue weighted by atomic mass is 32.2. The molecule has 0 spiro atoms. The van der Waals surface area contributed by atoms with Gasteiger partial charge in [0.1, 0.15) is 4.70 Å². The molecule has 0 saturated heterocycles. The molecule has 0 fully saturated rings. The van der Waals surface area contributed by atoms with Crippen LogP contribution in [0.25, 0.3) is 37.8 Å². The predicted octanol–water partition coefficient (Wildman–Crippen LogP) is 6.22. The zero-order valence-corrected chi connectivity index (χ0v) is 27.1. The van der Waals surface area contributed by atoms with Gasteiger partial charge in [0.15, 0.2) is 6.54 Å². The number of nitrogens with zero attached hydrogens (tertiary/aromatic N) is 2. The van der Waals surface area contributed by atoms with Crippen LogP contribution in [0.2, 0.25) is 0 Å². The molecule has 0 radical (unpaired) electrons. The summed E-state index contributed by atoms with van der Waals surface area (Å²) in [5.74, 6) is -0.971. The summed E-state index contributed by atoms with van der Waals surface area (Å²) in [4.78, 5) is 2.91. The van der Waals surface area contributed by atoms with E-state index in [1.54, 1.807) is 11.3 Å². The van der Waals surface area contributed by atoms with Crippen LogP contribution in [0.4, 0.5) is 5.69 Å². The number of hydrogen-bond donors (Lipinski definition) is 0. The van der Waals surface area contributed by atoms with Crippen molar-refractivity contribution in [2.75, 3.05) is 23.0 Å². The SMILES string of the molecule is CCC(=Cc1sc2ccc3ccccc3c2[n+]1CCCS(=O)(=O)[O-])C=C1Sc2ccc3ccccc3c2N1CCS(=O)(=O)[O-]. The Morgan fingerprint density at radius 2 is 1.52 bits per heavy atom. The Kier molecular flexibility index (Phi) is 8.57. The molecule has 8 nitrogen and oxygen atoms in total. The lowest BCUT2D eigenvalue weighted by Gasteiger charge is -2.23. The van der Waals surface area contributed by atoms with Gasteiger partial charge in [0, 0.05) is 35.1 Å². The van der Waals surface area contributed by atoms with E-state index in [2.05, 4.69) is 22.8 Å². The van der Waals surface area contributed by atoms with Crippen molar-refractivity contribution in [2.24, 2.45) is 0 Å². The normalized spacial score (nSPS) is 15.2. The van der Waals surface area contributed by atoms with Gasteiger partial charge in [0.05, 0.1) is 42.1 Å². The lowest BCUT2D eigenvalue weighted by atomic mass is 10.1. The van der Waals surface area contributed by atoms with Gasteiger partial charge in [0.25, 0.3) is 5.01 Å². The van der Waals surface area contributed by atoms with Gasteiger partial charge < -0.3 is 14.0 Å². The van der Waals surface area contributed by atoms with Crippen LogP contribution in [0.5, 0.6) is 0 Å². The number of thiazole rings is 1. The quantitative estimate of drug-likeness (QED) is 0.127. The third-order valence-electron chi connectivity index (χ3n) is 7.60. The second-order valence-corrected chi connectivity index (χ2v) is 15.7. The molecule has 1 aromatic heterocycles. The maximum absolute atomic E-state index is 11.7. The highest BCUT2D eigenvalue weighted by Crippen LogP contribution is 2.49. The fourth-order valence-electron chi connectivity index (χ4n) is 5.57. The Hall–Kier alpha value is -3.26. The summed E-state index contributed by atoms with van der Waals surface area (Å²) in [5, 5.41) is 5.84. The van der Waals surface area contributed by atoms with Crippen molar-refractivity contribution in [1.29, 1.82) is 0 Å².